The highest BCUT2D eigenvalue weighted by Crippen LogP contribution is 2.24. The summed E-state index contributed by atoms with van der Waals surface area (Å²) in [5, 5.41) is 3.52. The molecule has 0 aliphatic carbocycles. The van der Waals surface area contributed by atoms with Gasteiger partial charge >= 0.3 is 0 Å². The van der Waals surface area contributed by atoms with Crippen LogP contribution in [0.4, 0.5) is 0 Å². The van der Waals surface area contributed by atoms with E-state index >= 15 is 0 Å². The summed E-state index contributed by atoms with van der Waals surface area (Å²) in [6, 6.07) is 0. The van der Waals surface area contributed by atoms with Gasteiger partial charge in [0.15, 0.2) is 0 Å². The maximum absolute atomic E-state index is 3.52. The minimum absolute atomic E-state index is 0.775. The number of likely N-dealkylation sites (tertiary alicyclic amines) is 1. The standard InChI is InChI=1S/C15H32N2/c1-13(2)12-16-8-5-9-17-10-6-15(7-11-17)14(3)4/h13-16H,5-12H2,1-4H3. The number of hydrogen-bond donors (Lipinski definition) is 1. The van der Waals surface area contributed by atoms with Gasteiger partial charge in [-0.15, -0.1) is 0 Å². The Morgan fingerprint density at radius 1 is 1.12 bits per heavy atom. The van der Waals surface area contributed by atoms with Gasteiger partial charge in [-0.2, -0.15) is 0 Å². The average molecular weight is 240 g/mol. The molecule has 0 unspecified atom stereocenters. The SMILES string of the molecule is CC(C)CNCCCN1CCC(C(C)C)CC1. The minimum Gasteiger partial charge on any atom is -0.316 e. The Labute approximate surface area is 108 Å². The molecular weight excluding hydrogens is 208 g/mol. The van der Waals surface area contributed by atoms with Crippen LogP contribution in [0.3, 0.4) is 0 Å². The predicted molar refractivity (Wildman–Crippen MR) is 76.3 cm³/mol. The normalized spacial score (nSPS) is 19.4. The van der Waals surface area contributed by atoms with E-state index in [0.29, 0.717) is 0 Å². The first-order valence-corrected chi connectivity index (χ1v) is 7.52. The van der Waals surface area contributed by atoms with E-state index < -0.39 is 0 Å². The van der Waals surface area contributed by atoms with Crippen LogP contribution in [-0.2, 0) is 0 Å². The fourth-order valence-corrected chi connectivity index (χ4v) is 2.66. The number of nitrogens with zero attached hydrogens (tertiary/aromatic N) is 1. The van der Waals surface area contributed by atoms with Gasteiger partial charge in [-0.3, -0.25) is 0 Å². The fourth-order valence-electron chi connectivity index (χ4n) is 2.66. The number of nitrogens with one attached hydrogen (secondary N) is 1. The Morgan fingerprint density at radius 3 is 2.29 bits per heavy atom. The molecule has 1 saturated heterocycles. The maximum Gasteiger partial charge on any atom is -0.000664 e. The first kappa shape index (κ1) is 15.0. The largest absolute Gasteiger partial charge is 0.316 e. The van der Waals surface area contributed by atoms with Crippen molar-refractivity contribution in [3.05, 3.63) is 0 Å². The lowest BCUT2D eigenvalue weighted by atomic mass is 9.87. The molecule has 0 aromatic heterocycles. The summed E-state index contributed by atoms with van der Waals surface area (Å²) in [6.45, 7) is 15.6. The van der Waals surface area contributed by atoms with E-state index in [1.165, 1.54) is 45.4 Å². The van der Waals surface area contributed by atoms with E-state index in [9.17, 15) is 0 Å². The van der Waals surface area contributed by atoms with E-state index in [4.69, 9.17) is 0 Å². The highest BCUT2D eigenvalue weighted by Gasteiger charge is 2.20. The monoisotopic (exact) mass is 240 g/mol. The predicted octanol–water partition coefficient (Wildman–Crippen LogP) is 2.99. The lowest BCUT2D eigenvalue weighted by Crippen LogP contribution is -2.36. The van der Waals surface area contributed by atoms with Gasteiger partial charge in [0.05, 0.1) is 0 Å². The third kappa shape index (κ3) is 6.42. The van der Waals surface area contributed by atoms with E-state index in [2.05, 4.69) is 37.9 Å². The quantitative estimate of drug-likeness (QED) is 0.688. The molecule has 1 heterocycles. The van der Waals surface area contributed by atoms with Crippen molar-refractivity contribution in [1.82, 2.24) is 10.2 Å². The first-order chi connectivity index (χ1) is 8.09. The van der Waals surface area contributed by atoms with Gasteiger partial charge in [-0.1, -0.05) is 27.7 Å². The zero-order valence-corrected chi connectivity index (χ0v) is 12.3. The maximum atomic E-state index is 3.52. The van der Waals surface area contributed by atoms with Gasteiger partial charge < -0.3 is 10.2 Å². The number of rotatable bonds is 7. The van der Waals surface area contributed by atoms with Gasteiger partial charge in [0.2, 0.25) is 0 Å². The zero-order valence-electron chi connectivity index (χ0n) is 12.3. The van der Waals surface area contributed by atoms with Crippen LogP contribution in [0.2, 0.25) is 0 Å². The average Bonchev–Trinajstić information content (AvgIpc) is 2.29. The van der Waals surface area contributed by atoms with Crippen molar-refractivity contribution >= 4 is 0 Å². The van der Waals surface area contributed by atoms with Gasteiger partial charge in [0.25, 0.3) is 0 Å². The second-order valence-corrected chi connectivity index (χ2v) is 6.37. The third-order valence-corrected chi connectivity index (χ3v) is 3.96. The Kier molecular flexibility index (Phi) is 7.14. The van der Waals surface area contributed by atoms with Crippen molar-refractivity contribution < 1.29 is 0 Å². The molecule has 1 aliphatic heterocycles. The van der Waals surface area contributed by atoms with Crippen molar-refractivity contribution in [2.45, 2.75) is 47.0 Å². The molecule has 17 heavy (non-hydrogen) atoms. The Bertz CT molecular complexity index is 181. The summed E-state index contributed by atoms with van der Waals surface area (Å²) in [6.07, 6.45) is 4.13. The molecule has 1 N–H and O–H groups in total. The second-order valence-electron chi connectivity index (χ2n) is 6.37. The lowest BCUT2D eigenvalue weighted by molar-refractivity contribution is 0.156. The van der Waals surface area contributed by atoms with Crippen LogP contribution in [0.1, 0.15) is 47.0 Å². The molecule has 0 aromatic carbocycles. The smallest absolute Gasteiger partial charge is 0.000664 e. The van der Waals surface area contributed by atoms with Crippen molar-refractivity contribution in [3.8, 4) is 0 Å². The topological polar surface area (TPSA) is 15.3 Å². The van der Waals surface area contributed by atoms with Crippen molar-refractivity contribution in [1.29, 1.82) is 0 Å². The van der Waals surface area contributed by atoms with Crippen LogP contribution < -0.4 is 5.32 Å². The molecule has 0 spiro atoms. The summed E-state index contributed by atoms with van der Waals surface area (Å²) in [5.74, 6) is 2.63. The van der Waals surface area contributed by atoms with E-state index in [-0.39, 0.29) is 0 Å². The van der Waals surface area contributed by atoms with Crippen LogP contribution in [-0.4, -0.2) is 37.6 Å². The molecule has 0 radical (unpaired) electrons. The molecule has 1 aliphatic rings. The molecule has 0 aromatic rings. The van der Waals surface area contributed by atoms with Crippen LogP contribution >= 0.6 is 0 Å². The van der Waals surface area contributed by atoms with E-state index in [1.807, 2.05) is 0 Å². The summed E-state index contributed by atoms with van der Waals surface area (Å²) < 4.78 is 0. The summed E-state index contributed by atoms with van der Waals surface area (Å²) in [5.41, 5.74) is 0. The van der Waals surface area contributed by atoms with Crippen molar-refractivity contribution in [2.75, 3.05) is 32.7 Å². The summed E-state index contributed by atoms with van der Waals surface area (Å²) in [4.78, 5) is 2.65. The molecule has 0 amide bonds. The highest BCUT2D eigenvalue weighted by atomic mass is 15.1. The molecule has 0 bridgehead atoms. The molecule has 1 fully saturated rings. The third-order valence-electron chi connectivity index (χ3n) is 3.96. The van der Waals surface area contributed by atoms with Crippen molar-refractivity contribution in [3.63, 3.8) is 0 Å². The molecule has 0 saturated carbocycles. The Balaban J connectivity index is 1.99. The minimum atomic E-state index is 0.775. The molecule has 2 nitrogen and oxygen atoms in total. The number of hydrogen-bond acceptors (Lipinski definition) is 2. The first-order valence-electron chi connectivity index (χ1n) is 7.52. The fraction of sp³-hybridized carbons (Fsp3) is 1.00. The molecule has 2 heteroatoms. The van der Waals surface area contributed by atoms with Crippen LogP contribution in [0.5, 0.6) is 0 Å². The van der Waals surface area contributed by atoms with Gasteiger partial charge in [-0.05, 0) is 69.7 Å². The van der Waals surface area contributed by atoms with Gasteiger partial charge in [0.1, 0.15) is 0 Å². The molecule has 1 rings (SSSR count). The molecule has 102 valence electrons. The lowest BCUT2D eigenvalue weighted by Gasteiger charge is -2.33. The van der Waals surface area contributed by atoms with Crippen molar-refractivity contribution in [2.24, 2.45) is 17.8 Å². The van der Waals surface area contributed by atoms with Crippen LogP contribution in [0.25, 0.3) is 0 Å². The van der Waals surface area contributed by atoms with Gasteiger partial charge in [0, 0.05) is 0 Å². The molecule has 0 atom stereocenters. The van der Waals surface area contributed by atoms with Crippen LogP contribution in [0, 0.1) is 17.8 Å². The Hall–Kier alpha value is -0.0800. The molecular formula is C15H32N2. The summed E-state index contributed by atoms with van der Waals surface area (Å²) in [7, 11) is 0. The second kappa shape index (κ2) is 8.10. The van der Waals surface area contributed by atoms with Gasteiger partial charge in [-0.25, -0.2) is 0 Å². The van der Waals surface area contributed by atoms with Crippen LogP contribution in [0.15, 0.2) is 0 Å². The number of piperidine rings is 1. The zero-order chi connectivity index (χ0) is 12.7. The summed E-state index contributed by atoms with van der Waals surface area (Å²) >= 11 is 0. The Morgan fingerprint density at radius 2 is 1.76 bits per heavy atom. The van der Waals surface area contributed by atoms with E-state index in [0.717, 1.165) is 24.3 Å². The highest BCUT2D eigenvalue weighted by molar-refractivity contribution is 4.74. The van der Waals surface area contributed by atoms with E-state index in [1.54, 1.807) is 0 Å².